The first-order valence-corrected chi connectivity index (χ1v) is 9.41. The van der Waals surface area contributed by atoms with Gasteiger partial charge in [-0.1, -0.05) is 24.6 Å². The summed E-state index contributed by atoms with van der Waals surface area (Å²) in [5.41, 5.74) is 0.350. The third kappa shape index (κ3) is 3.10. The maximum Gasteiger partial charge on any atom is 0.295 e. The average Bonchev–Trinajstić information content (AvgIpc) is 3.24. The second-order valence-corrected chi connectivity index (χ2v) is 7.27. The van der Waals surface area contributed by atoms with Crippen LogP contribution in [0.3, 0.4) is 0 Å². The van der Waals surface area contributed by atoms with Crippen LogP contribution in [0.4, 0.5) is 0 Å². The van der Waals surface area contributed by atoms with Gasteiger partial charge in [-0.25, -0.2) is 0 Å². The monoisotopic (exact) mass is 391 g/mol. The number of hydrogen-bond acceptors (Lipinski definition) is 5. The normalized spacial score (nSPS) is 19.2. The summed E-state index contributed by atoms with van der Waals surface area (Å²) in [5, 5.41) is 13.2. The van der Waals surface area contributed by atoms with Crippen molar-refractivity contribution in [3.8, 4) is 5.75 Å². The Labute approximate surface area is 160 Å². The van der Waals surface area contributed by atoms with Gasteiger partial charge in [-0.05, 0) is 36.1 Å². The number of rotatable bonds is 5. The van der Waals surface area contributed by atoms with E-state index < -0.39 is 17.7 Å². The third-order valence-electron chi connectivity index (χ3n) is 4.23. The number of halogens is 1. The first-order chi connectivity index (χ1) is 12.5. The number of aliphatic hydroxyl groups is 1. The van der Waals surface area contributed by atoms with Crippen LogP contribution in [0.2, 0.25) is 5.02 Å². The van der Waals surface area contributed by atoms with Crippen molar-refractivity contribution in [3.63, 3.8) is 0 Å². The summed E-state index contributed by atoms with van der Waals surface area (Å²) in [6, 6.07) is 7.86. The standard InChI is InChI=1S/C19H18ClNO4S/c1-3-8-21-16(14-5-4-9-26-14)15(18(23)19(21)24)17(22)12-10-11(20)6-7-13(12)25-2/h4-7,9-10,16,22H,3,8H2,1-2H3/b17-15-. The van der Waals surface area contributed by atoms with Gasteiger partial charge in [0.05, 0.1) is 24.3 Å². The minimum atomic E-state index is -0.698. The van der Waals surface area contributed by atoms with Crippen molar-refractivity contribution < 1.29 is 19.4 Å². The Bertz CT molecular complexity index is 876. The molecule has 1 unspecified atom stereocenters. The molecule has 7 heteroatoms. The number of methoxy groups -OCH3 is 1. The number of carbonyl (C=O) groups is 2. The Balaban J connectivity index is 2.22. The highest BCUT2D eigenvalue weighted by molar-refractivity contribution is 7.10. The molecule has 136 valence electrons. The maximum absolute atomic E-state index is 12.7. The quantitative estimate of drug-likeness (QED) is 0.470. The van der Waals surface area contributed by atoms with Crippen molar-refractivity contribution in [2.45, 2.75) is 19.4 Å². The molecule has 26 heavy (non-hydrogen) atoms. The van der Waals surface area contributed by atoms with Crippen molar-refractivity contribution in [2.75, 3.05) is 13.7 Å². The molecule has 1 N–H and O–H groups in total. The third-order valence-corrected chi connectivity index (χ3v) is 5.39. The van der Waals surface area contributed by atoms with E-state index in [1.165, 1.54) is 29.4 Å². The molecule has 1 amide bonds. The van der Waals surface area contributed by atoms with Gasteiger partial charge in [0.2, 0.25) is 0 Å². The van der Waals surface area contributed by atoms with Crippen LogP contribution in [0.5, 0.6) is 5.75 Å². The van der Waals surface area contributed by atoms with E-state index in [-0.39, 0.29) is 16.9 Å². The molecule has 1 atom stereocenters. The van der Waals surface area contributed by atoms with E-state index in [1.807, 2.05) is 24.4 Å². The number of aliphatic hydroxyl groups excluding tert-OH is 1. The SMILES string of the molecule is CCCN1C(=O)C(=O)/C(=C(\O)c2cc(Cl)ccc2OC)C1c1cccs1. The van der Waals surface area contributed by atoms with Crippen LogP contribution < -0.4 is 4.74 Å². The minimum Gasteiger partial charge on any atom is -0.507 e. The van der Waals surface area contributed by atoms with Crippen LogP contribution in [0, 0.1) is 0 Å². The molecule has 1 aliphatic rings. The molecule has 0 radical (unpaired) electrons. The summed E-state index contributed by atoms with van der Waals surface area (Å²) < 4.78 is 5.28. The number of amides is 1. The fourth-order valence-corrected chi connectivity index (χ4v) is 4.12. The van der Waals surface area contributed by atoms with Crippen molar-refractivity contribution in [3.05, 3.63) is 56.7 Å². The lowest BCUT2D eigenvalue weighted by Gasteiger charge is -2.23. The molecule has 3 rings (SSSR count). The largest absolute Gasteiger partial charge is 0.507 e. The topological polar surface area (TPSA) is 66.8 Å². The molecule has 0 aliphatic carbocycles. The lowest BCUT2D eigenvalue weighted by Crippen LogP contribution is -2.30. The highest BCUT2D eigenvalue weighted by Crippen LogP contribution is 2.42. The predicted octanol–water partition coefficient (Wildman–Crippen LogP) is 4.24. The number of carbonyl (C=O) groups excluding carboxylic acids is 2. The van der Waals surface area contributed by atoms with E-state index in [1.54, 1.807) is 12.1 Å². The van der Waals surface area contributed by atoms with E-state index in [4.69, 9.17) is 16.3 Å². The number of hydrogen-bond donors (Lipinski definition) is 1. The molecule has 1 aromatic carbocycles. The fraction of sp³-hybridized carbons (Fsp3) is 0.263. The summed E-state index contributed by atoms with van der Waals surface area (Å²) in [4.78, 5) is 27.6. The van der Waals surface area contributed by atoms with Gasteiger partial charge < -0.3 is 14.7 Å². The molecule has 5 nitrogen and oxygen atoms in total. The van der Waals surface area contributed by atoms with Crippen LogP contribution in [0.25, 0.3) is 5.76 Å². The predicted molar refractivity (Wildman–Crippen MR) is 102 cm³/mol. The molecule has 1 aromatic heterocycles. The Hall–Kier alpha value is -2.31. The number of likely N-dealkylation sites (tertiary alicyclic amines) is 1. The fourth-order valence-electron chi connectivity index (χ4n) is 3.10. The summed E-state index contributed by atoms with van der Waals surface area (Å²) in [5.74, 6) is -1.21. The van der Waals surface area contributed by atoms with Gasteiger partial charge in [-0.15, -0.1) is 11.3 Å². The number of ether oxygens (including phenoxy) is 1. The maximum atomic E-state index is 12.7. The average molecular weight is 392 g/mol. The van der Waals surface area contributed by atoms with Gasteiger partial charge in [0.25, 0.3) is 11.7 Å². The summed E-state index contributed by atoms with van der Waals surface area (Å²) in [7, 11) is 1.46. The van der Waals surface area contributed by atoms with Crippen molar-refractivity contribution >= 4 is 40.4 Å². The number of benzene rings is 1. The number of Topliss-reactive ketones (excluding diaryl/α,β-unsaturated/α-hetero) is 1. The lowest BCUT2D eigenvalue weighted by atomic mass is 9.99. The molecule has 0 spiro atoms. The van der Waals surface area contributed by atoms with Crippen LogP contribution in [0.1, 0.15) is 29.8 Å². The summed E-state index contributed by atoms with van der Waals surface area (Å²) in [6.45, 7) is 2.36. The smallest absolute Gasteiger partial charge is 0.295 e. The van der Waals surface area contributed by atoms with Gasteiger partial charge in [0, 0.05) is 16.4 Å². The molecule has 0 bridgehead atoms. The second-order valence-electron chi connectivity index (χ2n) is 5.85. The van der Waals surface area contributed by atoms with Crippen LogP contribution in [-0.2, 0) is 9.59 Å². The van der Waals surface area contributed by atoms with E-state index in [2.05, 4.69) is 0 Å². The van der Waals surface area contributed by atoms with Crippen LogP contribution in [-0.4, -0.2) is 35.4 Å². The molecule has 1 fully saturated rings. The summed E-state index contributed by atoms with van der Waals surface area (Å²) in [6.07, 6.45) is 0.704. The van der Waals surface area contributed by atoms with Gasteiger partial charge in [0.15, 0.2) is 0 Å². The van der Waals surface area contributed by atoms with Gasteiger partial charge in [-0.3, -0.25) is 9.59 Å². The Morgan fingerprint density at radius 3 is 2.73 bits per heavy atom. The first kappa shape index (κ1) is 18.5. The minimum absolute atomic E-state index is 0.0615. The Morgan fingerprint density at radius 2 is 2.12 bits per heavy atom. The second kappa shape index (κ2) is 7.51. The van der Waals surface area contributed by atoms with Crippen molar-refractivity contribution in [1.29, 1.82) is 0 Å². The molecular formula is C19H18ClNO4S. The molecular weight excluding hydrogens is 374 g/mol. The summed E-state index contributed by atoms with van der Waals surface area (Å²) >= 11 is 7.49. The van der Waals surface area contributed by atoms with E-state index in [0.717, 1.165) is 4.88 Å². The zero-order valence-corrected chi connectivity index (χ0v) is 15.9. The highest BCUT2D eigenvalue weighted by atomic mass is 35.5. The van der Waals surface area contributed by atoms with Crippen molar-refractivity contribution in [2.24, 2.45) is 0 Å². The molecule has 1 saturated heterocycles. The van der Waals surface area contributed by atoms with E-state index in [9.17, 15) is 14.7 Å². The van der Waals surface area contributed by atoms with Gasteiger partial charge in [-0.2, -0.15) is 0 Å². The zero-order chi connectivity index (χ0) is 18.8. The van der Waals surface area contributed by atoms with Crippen LogP contribution >= 0.6 is 22.9 Å². The number of thiophene rings is 1. The number of nitrogens with zero attached hydrogens (tertiary/aromatic N) is 1. The molecule has 1 aliphatic heterocycles. The molecule has 2 heterocycles. The van der Waals surface area contributed by atoms with Gasteiger partial charge in [0.1, 0.15) is 11.5 Å². The molecule has 0 saturated carbocycles. The Kier molecular flexibility index (Phi) is 5.34. The number of ketones is 1. The Morgan fingerprint density at radius 1 is 1.35 bits per heavy atom. The van der Waals surface area contributed by atoms with Crippen LogP contribution in [0.15, 0.2) is 41.3 Å². The zero-order valence-electron chi connectivity index (χ0n) is 14.4. The van der Waals surface area contributed by atoms with Gasteiger partial charge >= 0.3 is 0 Å². The lowest BCUT2D eigenvalue weighted by molar-refractivity contribution is -0.139. The van der Waals surface area contributed by atoms with E-state index in [0.29, 0.717) is 23.7 Å². The van der Waals surface area contributed by atoms with E-state index >= 15 is 0 Å². The first-order valence-electron chi connectivity index (χ1n) is 8.15. The highest BCUT2D eigenvalue weighted by Gasteiger charge is 2.46. The molecule has 2 aromatic rings. The van der Waals surface area contributed by atoms with Crippen molar-refractivity contribution in [1.82, 2.24) is 4.90 Å².